The van der Waals surface area contributed by atoms with Crippen LogP contribution in [0.4, 0.5) is 18.9 Å². The summed E-state index contributed by atoms with van der Waals surface area (Å²) in [5.74, 6) is -0.766. The third-order valence-corrected chi connectivity index (χ3v) is 5.18. The Labute approximate surface area is 161 Å². The van der Waals surface area contributed by atoms with Gasteiger partial charge in [-0.3, -0.25) is 9.52 Å². The maximum Gasteiger partial charge on any atom is 0.573 e. The van der Waals surface area contributed by atoms with Crippen LogP contribution in [0.15, 0.2) is 53.4 Å². The zero-order valence-corrected chi connectivity index (χ0v) is 16.0. The summed E-state index contributed by atoms with van der Waals surface area (Å²) < 4.78 is 67.5. The standard InChI is InChI=1S/C18H19F3N2O4S/c1-3-23(4-2)17(24)13-6-5-7-14(12-13)22-28(25,26)16-10-8-15(9-11-16)27-18(19,20)21/h5-12,22H,3-4H2,1-2H3. The number of hydrogen-bond donors (Lipinski definition) is 1. The lowest BCUT2D eigenvalue weighted by molar-refractivity contribution is -0.274. The van der Waals surface area contributed by atoms with Crippen LogP contribution in [0.25, 0.3) is 0 Å². The van der Waals surface area contributed by atoms with Gasteiger partial charge in [0.15, 0.2) is 0 Å². The monoisotopic (exact) mass is 416 g/mol. The topological polar surface area (TPSA) is 75.7 Å². The average molecular weight is 416 g/mol. The molecule has 0 saturated heterocycles. The number of carbonyl (C=O) groups excluding carboxylic acids is 1. The first-order valence-corrected chi connectivity index (χ1v) is 9.82. The molecule has 0 unspecified atom stereocenters. The van der Waals surface area contributed by atoms with E-state index in [9.17, 15) is 26.4 Å². The van der Waals surface area contributed by atoms with Gasteiger partial charge >= 0.3 is 6.36 Å². The van der Waals surface area contributed by atoms with Crippen molar-refractivity contribution in [2.24, 2.45) is 0 Å². The van der Waals surface area contributed by atoms with Gasteiger partial charge in [-0.1, -0.05) is 6.07 Å². The molecule has 152 valence electrons. The summed E-state index contributed by atoms with van der Waals surface area (Å²) in [7, 11) is -4.06. The highest BCUT2D eigenvalue weighted by molar-refractivity contribution is 7.92. The number of nitrogens with one attached hydrogen (secondary N) is 1. The minimum atomic E-state index is -4.86. The Hall–Kier alpha value is -2.75. The molecule has 0 atom stereocenters. The summed E-state index contributed by atoms with van der Waals surface area (Å²) in [6.07, 6.45) is -4.86. The van der Waals surface area contributed by atoms with Crippen LogP contribution >= 0.6 is 0 Å². The molecule has 0 aromatic heterocycles. The molecule has 0 aliphatic heterocycles. The van der Waals surface area contributed by atoms with Crippen LogP contribution < -0.4 is 9.46 Å². The SMILES string of the molecule is CCN(CC)C(=O)c1cccc(NS(=O)(=O)c2ccc(OC(F)(F)F)cc2)c1. The first kappa shape index (κ1) is 21.5. The molecule has 6 nitrogen and oxygen atoms in total. The Morgan fingerprint density at radius 2 is 1.68 bits per heavy atom. The van der Waals surface area contributed by atoms with Crippen molar-refractivity contribution in [3.05, 3.63) is 54.1 Å². The summed E-state index contributed by atoms with van der Waals surface area (Å²) >= 11 is 0. The van der Waals surface area contributed by atoms with E-state index in [0.29, 0.717) is 18.7 Å². The maximum atomic E-state index is 12.5. The first-order valence-electron chi connectivity index (χ1n) is 8.33. The van der Waals surface area contributed by atoms with Gasteiger partial charge in [-0.2, -0.15) is 0 Å². The van der Waals surface area contributed by atoms with E-state index in [1.54, 1.807) is 11.0 Å². The van der Waals surface area contributed by atoms with E-state index in [1.807, 2.05) is 13.8 Å². The highest BCUT2D eigenvalue weighted by Gasteiger charge is 2.31. The Morgan fingerprint density at radius 1 is 1.07 bits per heavy atom. The summed E-state index contributed by atoms with van der Waals surface area (Å²) in [5, 5.41) is 0. The molecule has 0 saturated carbocycles. The van der Waals surface area contributed by atoms with Crippen molar-refractivity contribution in [3.63, 3.8) is 0 Å². The fraction of sp³-hybridized carbons (Fsp3) is 0.278. The number of nitrogens with zero attached hydrogens (tertiary/aromatic N) is 1. The largest absolute Gasteiger partial charge is 0.573 e. The minimum absolute atomic E-state index is 0.161. The van der Waals surface area contributed by atoms with Crippen LogP contribution in [0.3, 0.4) is 0 Å². The van der Waals surface area contributed by atoms with Gasteiger partial charge in [0.2, 0.25) is 0 Å². The highest BCUT2D eigenvalue weighted by atomic mass is 32.2. The number of benzene rings is 2. The molecule has 0 aliphatic carbocycles. The van der Waals surface area contributed by atoms with Crippen molar-refractivity contribution < 1.29 is 31.1 Å². The number of rotatable bonds is 7. The summed E-state index contributed by atoms with van der Waals surface area (Å²) in [6.45, 7) is 4.69. The molecule has 0 fully saturated rings. The lowest BCUT2D eigenvalue weighted by Crippen LogP contribution is -2.30. The van der Waals surface area contributed by atoms with Crippen molar-refractivity contribution in [1.82, 2.24) is 4.90 Å². The average Bonchev–Trinajstić information content (AvgIpc) is 2.61. The van der Waals surface area contributed by atoms with Crippen LogP contribution in [0, 0.1) is 0 Å². The smallest absolute Gasteiger partial charge is 0.406 e. The van der Waals surface area contributed by atoms with Crippen LogP contribution in [-0.4, -0.2) is 38.7 Å². The van der Waals surface area contributed by atoms with Crippen molar-refractivity contribution in [1.29, 1.82) is 0 Å². The second-order valence-corrected chi connectivity index (χ2v) is 7.37. The third kappa shape index (κ3) is 5.62. The van der Waals surface area contributed by atoms with Gasteiger partial charge in [-0.25, -0.2) is 8.42 Å². The predicted molar refractivity (Wildman–Crippen MR) is 97.6 cm³/mol. The van der Waals surface area contributed by atoms with Gasteiger partial charge in [0.05, 0.1) is 4.90 Å². The van der Waals surface area contributed by atoms with E-state index < -0.39 is 22.1 Å². The van der Waals surface area contributed by atoms with Crippen molar-refractivity contribution in [2.75, 3.05) is 17.8 Å². The molecular formula is C18H19F3N2O4S. The van der Waals surface area contributed by atoms with E-state index in [-0.39, 0.29) is 16.5 Å². The molecule has 10 heteroatoms. The van der Waals surface area contributed by atoms with Crippen LogP contribution in [-0.2, 0) is 10.0 Å². The minimum Gasteiger partial charge on any atom is -0.406 e. The van der Waals surface area contributed by atoms with Crippen LogP contribution in [0.1, 0.15) is 24.2 Å². The van der Waals surface area contributed by atoms with E-state index in [4.69, 9.17) is 0 Å². The second kappa shape index (κ2) is 8.51. The van der Waals surface area contributed by atoms with Gasteiger partial charge in [0, 0.05) is 24.3 Å². The summed E-state index contributed by atoms with van der Waals surface area (Å²) in [5.41, 5.74) is 0.478. The number of ether oxygens (including phenoxy) is 1. The molecule has 0 aliphatic rings. The molecule has 0 radical (unpaired) electrons. The number of carbonyl (C=O) groups is 1. The van der Waals surface area contributed by atoms with E-state index in [0.717, 1.165) is 24.3 Å². The molecule has 28 heavy (non-hydrogen) atoms. The molecular weight excluding hydrogens is 397 g/mol. The van der Waals surface area contributed by atoms with Gasteiger partial charge in [0.1, 0.15) is 5.75 Å². The molecule has 1 N–H and O–H groups in total. The zero-order chi connectivity index (χ0) is 20.9. The van der Waals surface area contributed by atoms with E-state index in [2.05, 4.69) is 9.46 Å². The van der Waals surface area contributed by atoms with Crippen molar-refractivity contribution >= 4 is 21.6 Å². The van der Waals surface area contributed by atoms with Crippen molar-refractivity contribution in [2.45, 2.75) is 25.1 Å². The third-order valence-electron chi connectivity index (χ3n) is 3.78. The van der Waals surface area contributed by atoms with Gasteiger partial charge < -0.3 is 9.64 Å². The molecule has 0 bridgehead atoms. The number of sulfonamides is 1. The number of alkyl halides is 3. The molecule has 1 amide bonds. The van der Waals surface area contributed by atoms with Gasteiger partial charge in [-0.05, 0) is 56.3 Å². The quantitative estimate of drug-likeness (QED) is 0.744. The van der Waals surface area contributed by atoms with Gasteiger partial charge in [-0.15, -0.1) is 13.2 Å². The lowest BCUT2D eigenvalue weighted by atomic mass is 10.2. The van der Waals surface area contributed by atoms with E-state index in [1.165, 1.54) is 18.2 Å². The lowest BCUT2D eigenvalue weighted by Gasteiger charge is -2.19. The van der Waals surface area contributed by atoms with Crippen LogP contribution in [0.5, 0.6) is 5.75 Å². The molecule has 2 aromatic rings. The normalized spacial score (nSPS) is 11.8. The fourth-order valence-corrected chi connectivity index (χ4v) is 3.49. The summed E-state index contributed by atoms with van der Waals surface area (Å²) in [4.78, 5) is 13.7. The fourth-order valence-electron chi connectivity index (χ4n) is 2.44. The zero-order valence-electron chi connectivity index (χ0n) is 15.2. The predicted octanol–water partition coefficient (Wildman–Crippen LogP) is 3.87. The number of anilines is 1. The van der Waals surface area contributed by atoms with Crippen molar-refractivity contribution in [3.8, 4) is 5.75 Å². The molecule has 0 spiro atoms. The molecule has 2 rings (SSSR count). The Kier molecular flexibility index (Phi) is 6.55. The molecule has 0 heterocycles. The summed E-state index contributed by atoms with van der Waals surface area (Å²) in [6, 6.07) is 9.78. The molecule has 2 aromatic carbocycles. The Balaban J connectivity index is 2.20. The number of amides is 1. The second-order valence-electron chi connectivity index (χ2n) is 5.68. The Morgan fingerprint density at radius 3 is 2.21 bits per heavy atom. The maximum absolute atomic E-state index is 12.5. The number of halogens is 3. The highest BCUT2D eigenvalue weighted by Crippen LogP contribution is 2.25. The van der Waals surface area contributed by atoms with E-state index >= 15 is 0 Å². The number of hydrogen-bond acceptors (Lipinski definition) is 4. The van der Waals surface area contributed by atoms with Crippen LogP contribution in [0.2, 0.25) is 0 Å². The first-order chi connectivity index (χ1) is 13.1. The Bertz CT molecular complexity index is 925. The van der Waals surface area contributed by atoms with Gasteiger partial charge in [0.25, 0.3) is 15.9 Å².